The monoisotopic (exact) mass is 360 g/mol. The van der Waals surface area contributed by atoms with Crippen molar-refractivity contribution in [3.63, 3.8) is 0 Å². The van der Waals surface area contributed by atoms with E-state index in [1.54, 1.807) is 0 Å². The number of carbonyl (C=O) groups excluding carboxylic acids is 1. The van der Waals surface area contributed by atoms with E-state index in [9.17, 15) is 4.79 Å². The van der Waals surface area contributed by atoms with E-state index in [0.29, 0.717) is 6.42 Å². The Balaban J connectivity index is 2.04. The number of carbonyl (C=O) groups is 1. The molecular formula is C24H29BO2. The first-order valence-corrected chi connectivity index (χ1v) is 10.0. The van der Waals surface area contributed by atoms with E-state index in [1.807, 2.05) is 36.4 Å². The molecule has 3 rings (SSSR count). The summed E-state index contributed by atoms with van der Waals surface area (Å²) in [4.78, 5) is 12.8. The zero-order chi connectivity index (χ0) is 19.3. The average molecular weight is 360 g/mol. The Labute approximate surface area is 163 Å². The molecule has 140 valence electrons. The minimum atomic E-state index is -0.198. The van der Waals surface area contributed by atoms with Gasteiger partial charge in [0, 0.05) is 18.4 Å². The van der Waals surface area contributed by atoms with Crippen molar-refractivity contribution >= 4 is 23.6 Å². The molecule has 0 aliphatic heterocycles. The van der Waals surface area contributed by atoms with Gasteiger partial charge in [-0.3, -0.25) is 4.79 Å². The van der Waals surface area contributed by atoms with Crippen molar-refractivity contribution in [2.24, 2.45) is 5.41 Å². The smallest absolute Gasteiger partial charge is 0.426 e. The summed E-state index contributed by atoms with van der Waals surface area (Å²) in [6.07, 6.45) is 4.09. The maximum atomic E-state index is 12.8. The molecule has 1 aliphatic rings. The zero-order valence-electron chi connectivity index (χ0n) is 16.7. The molecule has 0 fully saturated rings. The second-order valence-corrected chi connectivity index (χ2v) is 8.24. The van der Waals surface area contributed by atoms with E-state index in [1.165, 1.54) is 0 Å². The van der Waals surface area contributed by atoms with Crippen LogP contribution in [0.3, 0.4) is 0 Å². The quantitative estimate of drug-likeness (QED) is 0.702. The topological polar surface area (TPSA) is 26.3 Å². The van der Waals surface area contributed by atoms with Crippen molar-refractivity contribution in [3.8, 4) is 0 Å². The first-order chi connectivity index (χ1) is 13.0. The Kier molecular flexibility index (Phi) is 6.21. The number of hydrogen-bond acceptors (Lipinski definition) is 2. The van der Waals surface area contributed by atoms with Gasteiger partial charge < -0.3 is 4.65 Å². The van der Waals surface area contributed by atoms with Crippen LogP contribution in [0.4, 0.5) is 0 Å². The Morgan fingerprint density at radius 3 is 2.04 bits per heavy atom. The molecule has 0 aromatic heterocycles. The van der Waals surface area contributed by atoms with E-state index in [-0.39, 0.29) is 18.1 Å². The Hall–Kier alpha value is -2.29. The van der Waals surface area contributed by atoms with Gasteiger partial charge in [-0.15, -0.1) is 0 Å². The molecule has 0 unspecified atom stereocenters. The predicted octanol–water partition coefficient (Wildman–Crippen LogP) is 4.64. The number of ketones is 1. The molecule has 27 heavy (non-hydrogen) atoms. The van der Waals surface area contributed by atoms with Gasteiger partial charge in [-0.05, 0) is 29.2 Å². The fourth-order valence-corrected chi connectivity index (χ4v) is 3.76. The molecule has 2 nitrogen and oxygen atoms in total. The molecule has 0 atom stereocenters. The SMILES string of the molecule is CCCC1=C(OB(c2ccccc2)c2ccccc2)CC(C)(C)CCC1=O. The van der Waals surface area contributed by atoms with Crippen LogP contribution in [0.5, 0.6) is 0 Å². The lowest BCUT2D eigenvalue weighted by molar-refractivity contribution is -0.116. The van der Waals surface area contributed by atoms with Gasteiger partial charge in [-0.25, -0.2) is 0 Å². The zero-order valence-corrected chi connectivity index (χ0v) is 16.7. The Morgan fingerprint density at radius 2 is 1.52 bits per heavy atom. The largest absolute Gasteiger partial charge is 0.554 e. The number of benzene rings is 2. The van der Waals surface area contributed by atoms with Gasteiger partial charge in [0.2, 0.25) is 0 Å². The fraction of sp³-hybridized carbons (Fsp3) is 0.375. The molecule has 0 radical (unpaired) electrons. The van der Waals surface area contributed by atoms with E-state index >= 15 is 0 Å². The van der Waals surface area contributed by atoms with Crippen molar-refractivity contribution in [2.75, 3.05) is 0 Å². The van der Waals surface area contributed by atoms with Gasteiger partial charge in [0.15, 0.2) is 5.78 Å². The number of hydrogen-bond donors (Lipinski definition) is 0. The van der Waals surface area contributed by atoms with Gasteiger partial charge in [0.1, 0.15) is 0 Å². The average Bonchev–Trinajstić information content (AvgIpc) is 2.79. The van der Waals surface area contributed by atoms with Crippen molar-refractivity contribution < 1.29 is 9.45 Å². The summed E-state index contributed by atoms with van der Waals surface area (Å²) in [5.41, 5.74) is 3.20. The van der Waals surface area contributed by atoms with Crippen molar-refractivity contribution in [1.82, 2.24) is 0 Å². The predicted molar refractivity (Wildman–Crippen MR) is 114 cm³/mol. The van der Waals surface area contributed by atoms with Crippen molar-refractivity contribution in [2.45, 2.75) is 52.9 Å². The van der Waals surface area contributed by atoms with E-state index < -0.39 is 0 Å². The first-order valence-electron chi connectivity index (χ1n) is 10.0. The van der Waals surface area contributed by atoms with Crippen LogP contribution >= 0.6 is 0 Å². The van der Waals surface area contributed by atoms with Gasteiger partial charge in [-0.1, -0.05) is 87.9 Å². The molecule has 0 bridgehead atoms. The third-order valence-corrected chi connectivity index (χ3v) is 5.31. The Bertz CT molecular complexity index is 754. The first kappa shape index (κ1) is 19.5. The number of Topliss-reactive ketones (excluding diaryl/α,β-unsaturated/α-hetero) is 1. The summed E-state index contributed by atoms with van der Waals surface area (Å²) in [5, 5.41) is 0. The van der Waals surface area contributed by atoms with Gasteiger partial charge in [0.25, 0.3) is 0 Å². The molecule has 0 spiro atoms. The van der Waals surface area contributed by atoms with Crippen LogP contribution in [0.25, 0.3) is 0 Å². The molecule has 2 aromatic rings. The molecule has 0 N–H and O–H groups in total. The highest BCUT2D eigenvalue weighted by molar-refractivity contribution is 6.80. The summed E-state index contributed by atoms with van der Waals surface area (Å²) >= 11 is 0. The summed E-state index contributed by atoms with van der Waals surface area (Å²) in [7, 11) is 0. The number of rotatable bonds is 6. The fourth-order valence-electron chi connectivity index (χ4n) is 3.76. The molecular weight excluding hydrogens is 331 g/mol. The lowest BCUT2D eigenvalue weighted by Crippen LogP contribution is -2.45. The van der Waals surface area contributed by atoms with Crippen LogP contribution in [0.2, 0.25) is 0 Å². The van der Waals surface area contributed by atoms with Crippen molar-refractivity contribution in [1.29, 1.82) is 0 Å². The van der Waals surface area contributed by atoms with Gasteiger partial charge in [0.05, 0.1) is 5.76 Å². The van der Waals surface area contributed by atoms with Crippen LogP contribution in [0.1, 0.15) is 52.9 Å². The molecule has 0 saturated carbocycles. The third kappa shape index (κ3) is 4.91. The minimum absolute atomic E-state index is 0.0679. The van der Waals surface area contributed by atoms with Crippen LogP contribution in [-0.4, -0.2) is 12.7 Å². The summed E-state index contributed by atoms with van der Waals surface area (Å²) in [6, 6.07) is 20.6. The molecule has 0 amide bonds. The van der Waals surface area contributed by atoms with E-state index in [0.717, 1.165) is 47.9 Å². The highest BCUT2D eigenvalue weighted by Crippen LogP contribution is 2.37. The third-order valence-electron chi connectivity index (χ3n) is 5.31. The van der Waals surface area contributed by atoms with E-state index in [2.05, 4.69) is 45.0 Å². The lowest BCUT2D eigenvalue weighted by Gasteiger charge is -2.27. The second-order valence-electron chi connectivity index (χ2n) is 8.24. The standard InChI is InChI=1S/C24H29BO2/c1-4-11-21-22(26)16-17-24(2,3)18-23(21)27-25(19-12-7-5-8-13-19)20-14-9-6-10-15-20/h5-10,12-15H,4,11,16-18H2,1-3H3. The van der Waals surface area contributed by atoms with Gasteiger partial charge in [-0.2, -0.15) is 0 Å². The molecule has 1 aliphatic carbocycles. The van der Waals surface area contributed by atoms with Crippen LogP contribution in [0, 0.1) is 5.41 Å². The normalized spacial score (nSPS) is 16.8. The summed E-state index contributed by atoms with van der Waals surface area (Å²) < 4.78 is 6.67. The molecule has 0 saturated heterocycles. The summed E-state index contributed by atoms with van der Waals surface area (Å²) in [5.74, 6) is 1.15. The highest BCUT2D eigenvalue weighted by Gasteiger charge is 2.33. The number of allylic oxidation sites excluding steroid dienone is 2. The minimum Gasteiger partial charge on any atom is -0.554 e. The van der Waals surface area contributed by atoms with Crippen LogP contribution < -0.4 is 10.9 Å². The molecule has 0 heterocycles. The van der Waals surface area contributed by atoms with E-state index in [4.69, 9.17) is 4.65 Å². The van der Waals surface area contributed by atoms with Crippen LogP contribution in [-0.2, 0) is 9.45 Å². The maximum Gasteiger partial charge on any atom is 0.426 e. The van der Waals surface area contributed by atoms with Gasteiger partial charge >= 0.3 is 6.92 Å². The summed E-state index contributed by atoms with van der Waals surface area (Å²) in [6.45, 7) is 6.40. The molecule has 3 heteroatoms. The van der Waals surface area contributed by atoms with Crippen LogP contribution in [0.15, 0.2) is 72.0 Å². The lowest BCUT2D eigenvalue weighted by atomic mass is 9.55. The van der Waals surface area contributed by atoms with Crippen molar-refractivity contribution in [3.05, 3.63) is 72.0 Å². The molecule has 2 aromatic carbocycles. The highest BCUT2D eigenvalue weighted by atomic mass is 16.4. The maximum absolute atomic E-state index is 12.8. The Morgan fingerprint density at radius 1 is 0.963 bits per heavy atom. The second kappa shape index (κ2) is 8.60.